The average molecular weight is 524 g/mol. The number of esters is 1. The molecular weight excluding hydrogens is 498 g/mol. The Morgan fingerprint density at radius 1 is 0.789 bits per heavy atom. The maximum Gasteiger partial charge on any atom is 0.339 e. The van der Waals surface area contributed by atoms with Crippen molar-refractivity contribution in [1.82, 2.24) is 0 Å². The number of allylic oxidation sites excluding steroid dienone is 3. The molecule has 0 aromatic heterocycles. The molecule has 3 aromatic rings. The smallest absolute Gasteiger partial charge is 0.339 e. The number of nitrogens with zero attached hydrogens (tertiary/aromatic N) is 1. The van der Waals surface area contributed by atoms with Crippen LogP contribution < -0.4 is 4.90 Å². The van der Waals surface area contributed by atoms with Crippen LogP contribution in [0.1, 0.15) is 32.6 Å². The quantitative estimate of drug-likeness (QED) is 0.233. The van der Waals surface area contributed by atoms with Gasteiger partial charge in [0, 0.05) is 11.8 Å². The molecule has 0 unspecified atom stereocenters. The molecule has 3 aliphatic rings. The van der Waals surface area contributed by atoms with E-state index in [1.807, 2.05) is 0 Å². The molecule has 1 saturated heterocycles. The second-order valence-electron chi connectivity index (χ2n) is 10.2. The van der Waals surface area contributed by atoms with E-state index in [0.717, 1.165) is 22.3 Å². The van der Waals surface area contributed by atoms with Crippen molar-refractivity contribution < 1.29 is 19.1 Å². The molecular formula is C32H26ClNO4. The summed E-state index contributed by atoms with van der Waals surface area (Å²) >= 11 is 6.19. The lowest BCUT2D eigenvalue weighted by atomic mass is 9.85. The van der Waals surface area contributed by atoms with Crippen LogP contribution in [0.2, 0.25) is 5.02 Å². The molecule has 0 spiro atoms. The van der Waals surface area contributed by atoms with Gasteiger partial charge in [0.15, 0.2) is 0 Å². The minimum atomic E-state index is -0.621. The van der Waals surface area contributed by atoms with Crippen LogP contribution in [0.25, 0.3) is 5.57 Å². The number of aryl methyl sites for hydroxylation is 2. The van der Waals surface area contributed by atoms with E-state index in [1.54, 1.807) is 6.07 Å². The first-order valence-corrected chi connectivity index (χ1v) is 13.0. The Morgan fingerprint density at radius 3 is 1.76 bits per heavy atom. The molecule has 6 heteroatoms. The Labute approximate surface area is 226 Å². The topological polar surface area (TPSA) is 63.7 Å². The Bertz CT molecular complexity index is 1470. The molecule has 2 bridgehead atoms. The molecule has 3 aromatic carbocycles. The van der Waals surface area contributed by atoms with Crippen molar-refractivity contribution in [2.45, 2.75) is 13.8 Å². The predicted octanol–water partition coefficient (Wildman–Crippen LogP) is 6.17. The third-order valence-electron chi connectivity index (χ3n) is 8.00. The van der Waals surface area contributed by atoms with Gasteiger partial charge in [0.2, 0.25) is 11.8 Å². The second kappa shape index (κ2) is 9.10. The summed E-state index contributed by atoms with van der Waals surface area (Å²) in [7, 11) is 1.26. The lowest BCUT2D eigenvalue weighted by molar-refractivity contribution is -0.122. The number of imide groups is 1. The predicted molar refractivity (Wildman–Crippen MR) is 147 cm³/mol. The fraction of sp³-hybridized carbons (Fsp3) is 0.219. The van der Waals surface area contributed by atoms with Gasteiger partial charge in [0.05, 0.1) is 35.2 Å². The first kappa shape index (κ1) is 24.4. The largest absolute Gasteiger partial charge is 0.465 e. The molecule has 1 saturated carbocycles. The third-order valence-corrected chi connectivity index (χ3v) is 8.33. The number of benzene rings is 3. The fourth-order valence-electron chi connectivity index (χ4n) is 6.21. The zero-order chi connectivity index (χ0) is 26.7. The van der Waals surface area contributed by atoms with E-state index in [1.165, 1.54) is 35.3 Å². The maximum absolute atomic E-state index is 13.9. The monoisotopic (exact) mass is 523 g/mol. The molecule has 2 aliphatic carbocycles. The number of carbonyl (C=O) groups is 3. The Balaban J connectivity index is 1.45. The highest BCUT2D eigenvalue weighted by Crippen LogP contribution is 2.59. The standard InChI is InChI=1S/C32H26ClNO4/c1-17-4-8-19(9-5-17)26(20-10-6-18(2)7-11-20)27-22-13-14-23(27)29-28(22)30(35)34(31(29)36)21-12-15-25(33)24(16-21)32(37)38-3/h4-16,22-23,28-29H,1-3H3/t22-,23-,28+,29+/m0/s1. The van der Waals surface area contributed by atoms with Crippen LogP contribution in [0, 0.1) is 37.5 Å². The van der Waals surface area contributed by atoms with Gasteiger partial charge in [-0.2, -0.15) is 0 Å². The fourth-order valence-corrected chi connectivity index (χ4v) is 6.40. The van der Waals surface area contributed by atoms with Crippen LogP contribution in [-0.2, 0) is 14.3 Å². The van der Waals surface area contributed by atoms with E-state index in [0.29, 0.717) is 5.69 Å². The van der Waals surface area contributed by atoms with Crippen molar-refractivity contribution in [3.63, 3.8) is 0 Å². The van der Waals surface area contributed by atoms with Gasteiger partial charge >= 0.3 is 5.97 Å². The summed E-state index contributed by atoms with van der Waals surface area (Å²) in [4.78, 5) is 41.1. The van der Waals surface area contributed by atoms with Gasteiger partial charge in [0.1, 0.15) is 0 Å². The summed E-state index contributed by atoms with van der Waals surface area (Å²) in [5, 5.41) is 0.202. The molecule has 2 fully saturated rings. The Hall–Kier alpha value is -3.96. The van der Waals surface area contributed by atoms with Gasteiger partial charge in [-0.15, -0.1) is 0 Å². The van der Waals surface area contributed by atoms with E-state index in [-0.39, 0.29) is 34.2 Å². The van der Waals surface area contributed by atoms with Gasteiger partial charge in [-0.25, -0.2) is 9.69 Å². The lowest BCUT2D eigenvalue weighted by Gasteiger charge is -2.22. The molecule has 0 radical (unpaired) electrons. The summed E-state index contributed by atoms with van der Waals surface area (Å²) in [6.45, 7) is 4.12. The molecule has 1 heterocycles. The number of fused-ring (bicyclic) bond motifs is 5. The summed E-state index contributed by atoms with van der Waals surface area (Å²) < 4.78 is 4.82. The van der Waals surface area contributed by atoms with Crippen LogP contribution in [-0.4, -0.2) is 24.9 Å². The average Bonchev–Trinajstić information content (AvgIpc) is 3.55. The summed E-state index contributed by atoms with van der Waals surface area (Å²) in [6.07, 6.45) is 4.17. The van der Waals surface area contributed by atoms with Gasteiger partial charge in [-0.3, -0.25) is 9.59 Å². The van der Waals surface area contributed by atoms with Crippen LogP contribution in [0.3, 0.4) is 0 Å². The molecule has 190 valence electrons. The number of carbonyl (C=O) groups excluding carboxylic acids is 3. The van der Waals surface area contributed by atoms with E-state index in [2.05, 4.69) is 74.5 Å². The number of hydrogen-bond donors (Lipinski definition) is 0. The van der Waals surface area contributed by atoms with E-state index < -0.39 is 17.8 Å². The summed E-state index contributed by atoms with van der Waals surface area (Å²) in [5.74, 6) is -2.47. The molecule has 4 atom stereocenters. The van der Waals surface area contributed by atoms with Crippen LogP contribution in [0.5, 0.6) is 0 Å². The van der Waals surface area contributed by atoms with Crippen molar-refractivity contribution in [2.24, 2.45) is 23.7 Å². The van der Waals surface area contributed by atoms with Crippen LogP contribution in [0.4, 0.5) is 5.69 Å². The minimum absolute atomic E-state index is 0.118. The van der Waals surface area contributed by atoms with Crippen molar-refractivity contribution >= 4 is 40.6 Å². The van der Waals surface area contributed by atoms with Crippen molar-refractivity contribution in [3.8, 4) is 0 Å². The third kappa shape index (κ3) is 3.64. The number of ether oxygens (including phenoxy) is 1. The van der Waals surface area contributed by atoms with Gasteiger partial charge < -0.3 is 4.74 Å². The number of rotatable bonds is 4. The van der Waals surface area contributed by atoms with Crippen LogP contribution >= 0.6 is 11.6 Å². The highest BCUT2D eigenvalue weighted by atomic mass is 35.5. The number of anilines is 1. The molecule has 1 aliphatic heterocycles. The maximum atomic E-state index is 13.9. The summed E-state index contributed by atoms with van der Waals surface area (Å²) in [5.41, 5.74) is 7.15. The first-order valence-electron chi connectivity index (χ1n) is 12.6. The molecule has 5 nitrogen and oxygen atoms in total. The number of methoxy groups -OCH3 is 1. The van der Waals surface area contributed by atoms with E-state index in [9.17, 15) is 14.4 Å². The summed E-state index contributed by atoms with van der Waals surface area (Å²) in [6, 6.07) is 21.4. The number of halogens is 1. The van der Waals surface area contributed by atoms with Crippen molar-refractivity contribution in [3.05, 3.63) is 117 Å². The molecule has 0 N–H and O–H groups in total. The minimum Gasteiger partial charge on any atom is -0.465 e. The Morgan fingerprint density at radius 2 is 1.29 bits per heavy atom. The Kier molecular flexibility index (Phi) is 5.84. The highest BCUT2D eigenvalue weighted by molar-refractivity contribution is 6.34. The van der Waals surface area contributed by atoms with Crippen molar-refractivity contribution in [2.75, 3.05) is 12.0 Å². The number of hydrogen-bond acceptors (Lipinski definition) is 4. The van der Waals surface area contributed by atoms with E-state index in [4.69, 9.17) is 16.3 Å². The zero-order valence-electron chi connectivity index (χ0n) is 21.3. The van der Waals surface area contributed by atoms with Gasteiger partial charge in [-0.1, -0.05) is 83.4 Å². The highest BCUT2D eigenvalue weighted by Gasteiger charge is 2.62. The number of amides is 2. The van der Waals surface area contributed by atoms with E-state index >= 15 is 0 Å². The molecule has 6 rings (SSSR count). The van der Waals surface area contributed by atoms with Crippen molar-refractivity contribution in [1.29, 1.82) is 0 Å². The van der Waals surface area contributed by atoms with Gasteiger partial charge in [-0.05, 0) is 54.3 Å². The molecule has 2 amide bonds. The van der Waals surface area contributed by atoms with Gasteiger partial charge in [0.25, 0.3) is 0 Å². The SMILES string of the molecule is COC(=O)c1cc(N2C(=O)[C@H]3[C@H](C2=O)[C@H]2C=C[C@H]3C2=C(c2ccc(C)cc2)c2ccc(C)cc2)ccc1Cl. The zero-order valence-corrected chi connectivity index (χ0v) is 22.0. The first-order chi connectivity index (χ1) is 18.3. The van der Waals surface area contributed by atoms with Crippen LogP contribution in [0.15, 0.2) is 84.5 Å². The lowest BCUT2D eigenvalue weighted by Crippen LogP contribution is -2.33. The normalized spacial score (nSPS) is 23.3. The molecule has 38 heavy (non-hydrogen) atoms. The second-order valence-corrected chi connectivity index (χ2v) is 10.6.